The number of nitrogens with zero attached hydrogens (tertiary/aromatic N) is 1. The SMILES string of the molecule is CCCOP(C)(=O)N=C(C)SCc1ccc(Cl)c(Cl)c1. The average Bonchev–Trinajstić information content (AvgIpc) is 2.37. The van der Waals surface area contributed by atoms with Crippen molar-refractivity contribution in [2.24, 2.45) is 4.76 Å². The highest BCUT2D eigenvalue weighted by Gasteiger charge is 2.14. The first-order chi connectivity index (χ1) is 9.34. The van der Waals surface area contributed by atoms with E-state index in [9.17, 15) is 4.57 Å². The molecule has 0 fully saturated rings. The highest BCUT2D eigenvalue weighted by atomic mass is 35.5. The van der Waals surface area contributed by atoms with Crippen molar-refractivity contribution in [2.45, 2.75) is 26.0 Å². The summed E-state index contributed by atoms with van der Waals surface area (Å²) in [6.07, 6.45) is 0.822. The van der Waals surface area contributed by atoms with Gasteiger partial charge in [-0.05, 0) is 31.0 Å². The van der Waals surface area contributed by atoms with Gasteiger partial charge >= 0.3 is 7.52 Å². The lowest BCUT2D eigenvalue weighted by Crippen LogP contribution is -1.92. The number of halogens is 2. The third-order valence-corrected chi connectivity index (χ3v) is 5.48. The fourth-order valence-electron chi connectivity index (χ4n) is 1.39. The molecule has 112 valence electrons. The summed E-state index contributed by atoms with van der Waals surface area (Å²) in [5.41, 5.74) is 1.04. The monoisotopic (exact) mass is 353 g/mol. The van der Waals surface area contributed by atoms with Crippen LogP contribution in [0.5, 0.6) is 0 Å². The summed E-state index contributed by atoms with van der Waals surface area (Å²) in [5.74, 6) is 0.694. The van der Waals surface area contributed by atoms with Gasteiger partial charge < -0.3 is 4.52 Å². The summed E-state index contributed by atoms with van der Waals surface area (Å²) in [6.45, 7) is 5.79. The molecule has 7 heteroatoms. The Morgan fingerprint density at radius 1 is 1.40 bits per heavy atom. The van der Waals surface area contributed by atoms with Crippen molar-refractivity contribution in [3.8, 4) is 0 Å². The fraction of sp³-hybridized carbons (Fsp3) is 0.462. The molecule has 1 aromatic carbocycles. The van der Waals surface area contributed by atoms with Crippen LogP contribution in [0.2, 0.25) is 10.0 Å². The van der Waals surface area contributed by atoms with Gasteiger partial charge in [0.2, 0.25) is 0 Å². The Bertz CT molecular complexity index is 537. The standard InChI is InChI=1S/C13H18Cl2NO2PS/c1-4-7-18-19(3,17)16-10(2)20-9-11-5-6-12(14)13(15)8-11/h5-6,8H,4,7,9H2,1-3H3. The van der Waals surface area contributed by atoms with E-state index in [0.717, 1.165) is 17.0 Å². The average molecular weight is 354 g/mol. The topological polar surface area (TPSA) is 38.7 Å². The number of hydrogen-bond donors (Lipinski definition) is 0. The highest BCUT2D eigenvalue weighted by molar-refractivity contribution is 8.13. The van der Waals surface area contributed by atoms with E-state index in [1.807, 2.05) is 26.0 Å². The minimum atomic E-state index is -2.88. The lowest BCUT2D eigenvalue weighted by atomic mass is 10.2. The summed E-state index contributed by atoms with van der Waals surface area (Å²) in [6, 6.07) is 5.50. The van der Waals surface area contributed by atoms with E-state index in [2.05, 4.69) is 4.76 Å². The lowest BCUT2D eigenvalue weighted by Gasteiger charge is -2.09. The first kappa shape index (κ1) is 18.1. The fourth-order valence-corrected chi connectivity index (χ4v) is 4.03. The molecule has 1 unspecified atom stereocenters. The van der Waals surface area contributed by atoms with Crippen LogP contribution in [0.3, 0.4) is 0 Å². The van der Waals surface area contributed by atoms with Gasteiger partial charge in [0.15, 0.2) is 0 Å². The molecule has 0 radical (unpaired) electrons. The Balaban J connectivity index is 2.59. The Morgan fingerprint density at radius 2 is 2.10 bits per heavy atom. The molecule has 0 N–H and O–H groups in total. The summed E-state index contributed by atoms with van der Waals surface area (Å²) in [7, 11) is -2.88. The van der Waals surface area contributed by atoms with Crippen molar-refractivity contribution in [3.63, 3.8) is 0 Å². The Morgan fingerprint density at radius 3 is 2.70 bits per heavy atom. The minimum Gasteiger partial charge on any atom is -0.312 e. The van der Waals surface area contributed by atoms with Gasteiger partial charge in [-0.2, -0.15) is 0 Å². The van der Waals surface area contributed by atoms with Crippen LogP contribution in [0.4, 0.5) is 0 Å². The third kappa shape index (κ3) is 6.64. The second-order valence-electron chi connectivity index (χ2n) is 4.29. The molecule has 1 aromatic rings. The number of hydrogen-bond acceptors (Lipinski definition) is 3. The molecule has 0 aromatic heterocycles. The molecule has 1 atom stereocenters. The van der Waals surface area contributed by atoms with E-state index >= 15 is 0 Å². The Hall–Kier alpha value is 0.01000. The van der Waals surface area contributed by atoms with Gasteiger partial charge in [0.1, 0.15) is 0 Å². The lowest BCUT2D eigenvalue weighted by molar-refractivity contribution is 0.317. The van der Waals surface area contributed by atoms with Gasteiger partial charge in [-0.1, -0.05) is 36.2 Å². The zero-order chi connectivity index (χ0) is 15.2. The largest absolute Gasteiger partial charge is 0.312 e. The zero-order valence-electron chi connectivity index (χ0n) is 11.7. The molecule has 0 spiro atoms. The van der Waals surface area contributed by atoms with Crippen molar-refractivity contribution in [1.82, 2.24) is 0 Å². The second kappa shape index (κ2) is 8.45. The van der Waals surface area contributed by atoms with Gasteiger partial charge in [0, 0.05) is 12.4 Å². The maximum atomic E-state index is 12.0. The number of thioether (sulfide) groups is 1. The first-order valence-corrected chi connectivity index (χ1v) is 9.96. The van der Waals surface area contributed by atoms with Crippen LogP contribution >= 0.6 is 42.5 Å². The molecule has 0 saturated heterocycles. The van der Waals surface area contributed by atoms with Gasteiger partial charge in [-0.15, -0.1) is 11.8 Å². The Labute approximate surface area is 134 Å². The summed E-state index contributed by atoms with van der Waals surface area (Å²) < 4.78 is 21.4. The second-order valence-corrected chi connectivity index (χ2v) is 8.34. The predicted molar refractivity (Wildman–Crippen MR) is 90.6 cm³/mol. The summed E-state index contributed by atoms with van der Waals surface area (Å²) >= 11 is 13.3. The zero-order valence-corrected chi connectivity index (χ0v) is 15.0. The van der Waals surface area contributed by atoms with Crippen molar-refractivity contribution >= 4 is 47.5 Å². The highest BCUT2D eigenvalue weighted by Crippen LogP contribution is 2.45. The smallest absolute Gasteiger partial charge is 0.312 e. The van der Waals surface area contributed by atoms with E-state index < -0.39 is 7.52 Å². The Kier molecular flexibility index (Phi) is 7.63. The van der Waals surface area contributed by atoms with Crippen molar-refractivity contribution in [1.29, 1.82) is 0 Å². The van der Waals surface area contributed by atoms with Crippen molar-refractivity contribution in [3.05, 3.63) is 33.8 Å². The van der Waals surface area contributed by atoms with Crippen LogP contribution in [0.25, 0.3) is 0 Å². The van der Waals surface area contributed by atoms with Crippen LogP contribution in [0.1, 0.15) is 25.8 Å². The van der Waals surface area contributed by atoms with Crippen LogP contribution in [-0.4, -0.2) is 18.3 Å². The molecule has 0 bridgehead atoms. The van der Waals surface area contributed by atoms with Gasteiger partial charge in [0.25, 0.3) is 0 Å². The molecule has 0 aliphatic carbocycles. The van der Waals surface area contributed by atoms with Crippen LogP contribution in [0, 0.1) is 0 Å². The molecule has 3 nitrogen and oxygen atoms in total. The van der Waals surface area contributed by atoms with Gasteiger partial charge in [0.05, 0.1) is 21.7 Å². The molecular formula is C13H18Cl2NO2PS. The van der Waals surface area contributed by atoms with E-state index in [-0.39, 0.29) is 0 Å². The number of benzene rings is 1. The molecule has 0 aliphatic heterocycles. The molecule has 0 heterocycles. The molecule has 0 amide bonds. The van der Waals surface area contributed by atoms with Crippen LogP contribution in [0.15, 0.2) is 23.0 Å². The maximum Gasteiger partial charge on any atom is 0.312 e. The molecule has 0 aliphatic rings. The molecule has 0 saturated carbocycles. The predicted octanol–water partition coefficient (Wildman–Crippen LogP) is 5.89. The maximum absolute atomic E-state index is 12.0. The quantitative estimate of drug-likeness (QED) is 0.363. The van der Waals surface area contributed by atoms with Gasteiger partial charge in [-0.25, -0.2) is 4.76 Å². The van der Waals surface area contributed by atoms with E-state index in [0.29, 0.717) is 22.4 Å². The van der Waals surface area contributed by atoms with E-state index in [4.69, 9.17) is 27.7 Å². The molecule has 1 rings (SSSR count). The van der Waals surface area contributed by atoms with Crippen molar-refractivity contribution in [2.75, 3.05) is 13.3 Å². The first-order valence-electron chi connectivity index (χ1n) is 6.19. The van der Waals surface area contributed by atoms with Crippen LogP contribution in [-0.2, 0) is 14.8 Å². The summed E-state index contributed by atoms with van der Waals surface area (Å²) in [4.78, 5) is 0. The van der Waals surface area contributed by atoms with E-state index in [1.165, 1.54) is 18.4 Å². The number of rotatable bonds is 6. The normalized spacial score (nSPS) is 15.2. The molecule has 20 heavy (non-hydrogen) atoms. The van der Waals surface area contributed by atoms with Gasteiger partial charge in [-0.3, -0.25) is 4.57 Å². The molecular weight excluding hydrogens is 336 g/mol. The summed E-state index contributed by atoms with van der Waals surface area (Å²) in [5, 5.41) is 1.81. The minimum absolute atomic E-state index is 0.460. The third-order valence-electron chi connectivity index (χ3n) is 2.29. The van der Waals surface area contributed by atoms with E-state index in [1.54, 1.807) is 6.07 Å². The van der Waals surface area contributed by atoms with Crippen LogP contribution < -0.4 is 0 Å². The van der Waals surface area contributed by atoms with Crippen molar-refractivity contribution < 1.29 is 9.09 Å².